The summed E-state index contributed by atoms with van der Waals surface area (Å²) >= 11 is 18.4. The van der Waals surface area contributed by atoms with Gasteiger partial charge in [-0.2, -0.15) is 0 Å². The first-order chi connectivity index (χ1) is 16.7. The second-order valence-corrected chi connectivity index (χ2v) is 12.0. The third kappa shape index (κ3) is 5.66. The van der Waals surface area contributed by atoms with Crippen molar-refractivity contribution >= 4 is 50.5 Å². The molecule has 192 valence electrons. The van der Waals surface area contributed by atoms with Gasteiger partial charge >= 0.3 is 0 Å². The number of carbonyl (C=O) groups is 1. The summed E-state index contributed by atoms with van der Waals surface area (Å²) in [6.07, 6.45) is 1.02. The molecule has 6 nitrogen and oxygen atoms in total. The van der Waals surface area contributed by atoms with Crippen molar-refractivity contribution < 1.29 is 17.9 Å². The highest BCUT2D eigenvalue weighted by atomic mass is 35.5. The minimum Gasteiger partial charge on any atom is -0.493 e. The van der Waals surface area contributed by atoms with Gasteiger partial charge < -0.3 is 15.8 Å². The Labute approximate surface area is 226 Å². The van der Waals surface area contributed by atoms with E-state index in [2.05, 4.69) is 5.32 Å². The average molecular weight is 570 g/mol. The van der Waals surface area contributed by atoms with Crippen LogP contribution >= 0.6 is 34.8 Å². The zero-order valence-electron chi connectivity index (χ0n) is 20.2. The van der Waals surface area contributed by atoms with Crippen molar-refractivity contribution in [2.75, 3.05) is 12.9 Å². The average Bonchev–Trinajstić information content (AvgIpc) is 2.79. The van der Waals surface area contributed by atoms with Crippen LogP contribution in [0, 0.1) is 0 Å². The lowest BCUT2D eigenvalue weighted by Gasteiger charge is -2.45. The van der Waals surface area contributed by atoms with Crippen molar-refractivity contribution in [1.82, 2.24) is 5.32 Å². The summed E-state index contributed by atoms with van der Waals surface area (Å²) in [5, 5.41) is 4.06. The van der Waals surface area contributed by atoms with Crippen molar-refractivity contribution in [2.45, 2.75) is 36.7 Å². The number of carbonyl (C=O) groups excluding carboxylic acids is 1. The summed E-state index contributed by atoms with van der Waals surface area (Å²) in [4.78, 5) is 13.6. The van der Waals surface area contributed by atoms with Crippen LogP contribution < -0.4 is 15.8 Å². The molecule has 3 aromatic carbocycles. The number of nitrogens with two attached hydrogens (primary N) is 1. The molecule has 1 amide bonds. The van der Waals surface area contributed by atoms with Gasteiger partial charge in [0, 0.05) is 22.4 Å². The number of ether oxygens (including phenoxy) is 1. The normalized spacial score (nSPS) is 15.0. The Balaban J connectivity index is 2.19. The van der Waals surface area contributed by atoms with Crippen LogP contribution in [0.3, 0.4) is 0 Å². The highest BCUT2D eigenvalue weighted by Gasteiger charge is 2.46. The van der Waals surface area contributed by atoms with Crippen LogP contribution in [-0.4, -0.2) is 27.2 Å². The monoisotopic (exact) mass is 568 g/mol. The number of hydrogen-bond donors (Lipinski definition) is 2. The first-order valence-corrected chi connectivity index (χ1v) is 14.0. The van der Waals surface area contributed by atoms with Crippen LogP contribution in [0.4, 0.5) is 0 Å². The Bertz CT molecular complexity index is 1380. The third-order valence-electron chi connectivity index (χ3n) is 6.25. The molecule has 10 heteroatoms. The van der Waals surface area contributed by atoms with Gasteiger partial charge in [0.15, 0.2) is 9.84 Å². The number of hydrogen-bond acceptors (Lipinski definition) is 5. The van der Waals surface area contributed by atoms with Crippen LogP contribution in [-0.2, 0) is 20.9 Å². The molecule has 3 aromatic rings. The van der Waals surface area contributed by atoms with Gasteiger partial charge in [-0.3, -0.25) is 4.79 Å². The molecule has 0 saturated heterocycles. The van der Waals surface area contributed by atoms with Gasteiger partial charge in [-0.15, -0.1) is 0 Å². The molecule has 3 rings (SSSR count). The highest BCUT2D eigenvalue weighted by molar-refractivity contribution is 7.90. The maximum absolute atomic E-state index is 13.8. The maximum atomic E-state index is 13.8. The number of sulfone groups is 1. The van der Waals surface area contributed by atoms with Crippen LogP contribution in [0.15, 0.2) is 65.6 Å². The van der Waals surface area contributed by atoms with Crippen molar-refractivity contribution in [3.05, 3.63) is 92.4 Å². The van der Waals surface area contributed by atoms with Crippen molar-refractivity contribution in [3.8, 4) is 5.75 Å². The summed E-state index contributed by atoms with van der Waals surface area (Å²) < 4.78 is 30.2. The Morgan fingerprint density at radius 3 is 1.92 bits per heavy atom. The predicted molar refractivity (Wildman–Crippen MR) is 145 cm³/mol. The summed E-state index contributed by atoms with van der Waals surface area (Å²) in [5.74, 6) is -0.445. The lowest BCUT2D eigenvalue weighted by atomic mass is 9.71. The number of benzene rings is 3. The van der Waals surface area contributed by atoms with E-state index in [0.29, 0.717) is 21.2 Å². The molecule has 36 heavy (non-hydrogen) atoms. The zero-order chi connectivity index (χ0) is 26.9. The third-order valence-corrected chi connectivity index (χ3v) is 8.31. The topological polar surface area (TPSA) is 98.5 Å². The summed E-state index contributed by atoms with van der Waals surface area (Å²) in [6.45, 7) is 5.56. The van der Waals surface area contributed by atoms with E-state index in [4.69, 9.17) is 45.3 Å². The Morgan fingerprint density at radius 2 is 1.44 bits per heavy atom. The first kappa shape index (κ1) is 28.3. The molecule has 0 aliphatic carbocycles. The quantitative estimate of drug-likeness (QED) is 0.348. The van der Waals surface area contributed by atoms with E-state index in [-0.39, 0.29) is 27.8 Å². The molecule has 0 bridgehead atoms. The van der Waals surface area contributed by atoms with Gasteiger partial charge in [0.1, 0.15) is 5.75 Å². The highest BCUT2D eigenvalue weighted by Crippen LogP contribution is 2.40. The van der Waals surface area contributed by atoms with Gasteiger partial charge in [0.25, 0.3) is 5.91 Å². The molecule has 0 aromatic heterocycles. The van der Waals surface area contributed by atoms with E-state index in [1.165, 1.54) is 12.1 Å². The van der Waals surface area contributed by atoms with Crippen LogP contribution in [0.1, 0.15) is 42.3 Å². The summed E-state index contributed by atoms with van der Waals surface area (Å²) in [6, 6.07) is 16.5. The molecule has 3 N–H and O–H groups in total. The van der Waals surface area contributed by atoms with Crippen molar-refractivity contribution in [1.29, 1.82) is 0 Å². The van der Waals surface area contributed by atoms with E-state index in [1.54, 1.807) is 69.3 Å². The molecule has 0 radical (unpaired) electrons. The second kappa shape index (κ2) is 10.6. The van der Waals surface area contributed by atoms with Crippen molar-refractivity contribution in [2.24, 2.45) is 5.73 Å². The Hall–Kier alpha value is -2.29. The van der Waals surface area contributed by atoms with Crippen LogP contribution in [0.25, 0.3) is 0 Å². The number of nitrogens with one attached hydrogen (secondary N) is 1. The number of halogens is 3. The largest absolute Gasteiger partial charge is 0.493 e. The van der Waals surface area contributed by atoms with Crippen LogP contribution in [0.5, 0.6) is 5.75 Å². The van der Waals surface area contributed by atoms with Gasteiger partial charge in [0.05, 0.1) is 33.2 Å². The smallest absolute Gasteiger partial charge is 0.255 e. The maximum Gasteiger partial charge on any atom is 0.255 e. The standard InChI is InChI=1S/C26H27Cl3N2O4S/c1-5-35-22-15-21(29)23(36(4,33)34)14-20(22)24(32)31-26(3,17-8-12-19(28)13-9-17)25(2,30)16-6-10-18(27)11-7-16/h6-15H,5,30H2,1-4H3,(H,31,32)/t25-,26-/m0/s1. The lowest BCUT2D eigenvalue weighted by molar-refractivity contribution is 0.0840. The van der Waals surface area contributed by atoms with Gasteiger partial charge in [-0.05, 0) is 62.2 Å². The minimum atomic E-state index is -3.72. The molecular weight excluding hydrogens is 543 g/mol. The number of rotatable bonds is 8. The van der Waals surface area contributed by atoms with Gasteiger partial charge in [-0.25, -0.2) is 8.42 Å². The van der Waals surface area contributed by atoms with Crippen molar-refractivity contribution in [3.63, 3.8) is 0 Å². The fourth-order valence-corrected chi connectivity index (χ4v) is 5.51. The molecule has 0 fully saturated rings. The van der Waals surface area contributed by atoms with Crippen LogP contribution in [0.2, 0.25) is 15.1 Å². The molecule has 0 unspecified atom stereocenters. The first-order valence-electron chi connectivity index (χ1n) is 11.0. The molecule has 2 atom stereocenters. The van der Waals surface area contributed by atoms with E-state index < -0.39 is 26.8 Å². The second-order valence-electron chi connectivity index (χ2n) is 8.78. The Morgan fingerprint density at radius 1 is 0.944 bits per heavy atom. The molecular formula is C26H27Cl3N2O4S. The zero-order valence-corrected chi connectivity index (χ0v) is 23.3. The molecule has 0 heterocycles. The summed E-state index contributed by atoms with van der Waals surface area (Å²) in [5.41, 5.74) is 5.99. The lowest BCUT2D eigenvalue weighted by Crippen LogP contribution is -2.61. The van der Waals surface area contributed by atoms with E-state index in [0.717, 1.165) is 6.26 Å². The van der Waals surface area contributed by atoms with E-state index in [9.17, 15) is 13.2 Å². The predicted octanol–water partition coefficient (Wildman–Crippen LogP) is 5.97. The number of amides is 1. The molecule has 0 aliphatic heterocycles. The molecule has 0 spiro atoms. The fraction of sp³-hybridized carbons (Fsp3) is 0.269. The fourth-order valence-electron chi connectivity index (χ4n) is 3.94. The van der Waals surface area contributed by atoms with Gasteiger partial charge in [-0.1, -0.05) is 59.1 Å². The SMILES string of the molecule is CCOc1cc(Cl)c(S(C)(=O)=O)cc1C(=O)N[C@@](C)(c1ccc(Cl)cc1)[C@@](C)(N)c1ccc(Cl)cc1. The minimum absolute atomic E-state index is 0.00812. The van der Waals surface area contributed by atoms with E-state index >= 15 is 0 Å². The molecule has 0 saturated carbocycles. The Kier molecular flexibility index (Phi) is 8.33. The van der Waals surface area contributed by atoms with E-state index in [1.807, 2.05) is 0 Å². The van der Waals surface area contributed by atoms with Gasteiger partial charge in [0.2, 0.25) is 0 Å². The molecule has 0 aliphatic rings. The summed E-state index contributed by atoms with van der Waals surface area (Å²) in [7, 11) is -3.72.